The highest BCUT2D eigenvalue weighted by Gasteiger charge is 2.25. The van der Waals surface area contributed by atoms with E-state index in [1.807, 2.05) is 0 Å². The number of amides is 1. The lowest BCUT2D eigenvalue weighted by Crippen LogP contribution is -2.49. The highest BCUT2D eigenvalue weighted by atomic mass is 127. The number of carbonyl (C=O) groups is 1. The Morgan fingerprint density at radius 1 is 1.50 bits per heavy atom. The largest absolute Gasteiger partial charge is 0.530 e. The summed E-state index contributed by atoms with van der Waals surface area (Å²) in [6, 6.07) is 0.171. The van der Waals surface area contributed by atoms with Crippen molar-refractivity contribution in [1.29, 1.82) is 0 Å². The molecule has 1 saturated carbocycles. The zero-order chi connectivity index (χ0) is 9.14. The number of alkyl halides is 1. The van der Waals surface area contributed by atoms with E-state index < -0.39 is 6.09 Å². The molecule has 0 heterocycles. The Balaban J connectivity index is 2.53. The summed E-state index contributed by atoms with van der Waals surface area (Å²) in [7, 11) is 1.61. The number of carbonyl (C=O) groups excluding carboxylic acids is 1. The van der Waals surface area contributed by atoms with Crippen molar-refractivity contribution in [3.05, 3.63) is 0 Å². The molecule has 0 radical (unpaired) electrons. The van der Waals surface area contributed by atoms with Crippen molar-refractivity contribution in [3.8, 4) is 0 Å². The van der Waals surface area contributed by atoms with Gasteiger partial charge in [-0.05, 0) is 12.8 Å². The monoisotopic (exact) mass is 282 g/mol. The van der Waals surface area contributed by atoms with Crippen molar-refractivity contribution in [1.82, 2.24) is 4.90 Å². The summed E-state index contributed by atoms with van der Waals surface area (Å²) in [6.45, 7) is 0. The number of carboxylic acid groups (broad SMARTS) is 1. The number of nitrogens with zero attached hydrogens (tertiary/aromatic N) is 1. The summed E-state index contributed by atoms with van der Waals surface area (Å²) in [5, 5.41) is 10.6. The van der Waals surface area contributed by atoms with Crippen LogP contribution in [0.25, 0.3) is 0 Å². The number of rotatable bonds is 1. The third-order valence-corrected chi connectivity index (χ3v) is 3.89. The van der Waals surface area contributed by atoms with E-state index in [1.54, 1.807) is 7.05 Å². The van der Waals surface area contributed by atoms with Crippen molar-refractivity contribution in [2.45, 2.75) is 35.6 Å². The lowest BCUT2D eigenvalue weighted by atomic mass is 9.95. The van der Waals surface area contributed by atoms with Gasteiger partial charge in [0.2, 0.25) is 0 Å². The van der Waals surface area contributed by atoms with Crippen LogP contribution in [0.5, 0.6) is 0 Å². The van der Waals surface area contributed by atoms with Crippen LogP contribution >= 0.6 is 22.6 Å². The van der Waals surface area contributed by atoms with Crippen molar-refractivity contribution in [3.63, 3.8) is 0 Å². The molecule has 2 atom stereocenters. The highest BCUT2D eigenvalue weighted by Crippen LogP contribution is 2.27. The van der Waals surface area contributed by atoms with Gasteiger partial charge in [0.05, 0.1) is 0 Å². The second-order valence-electron chi connectivity index (χ2n) is 3.24. The standard InChI is InChI=1S/C8H14INO2/c1-10(8(11)12)7-5-3-2-4-6(7)9/h6-7H,2-5H2,1H3,(H,11,12)/p-1. The third kappa shape index (κ3) is 2.24. The van der Waals surface area contributed by atoms with Crippen molar-refractivity contribution in [2.75, 3.05) is 7.05 Å². The summed E-state index contributed by atoms with van der Waals surface area (Å²) in [5.74, 6) is 0. The Morgan fingerprint density at radius 3 is 2.58 bits per heavy atom. The Bertz CT molecular complexity index is 174. The lowest BCUT2D eigenvalue weighted by Gasteiger charge is -2.36. The van der Waals surface area contributed by atoms with E-state index in [0.717, 1.165) is 19.3 Å². The van der Waals surface area contributed by atoms with Gasteiger partial charge in [-0.1, -0.05) is 35.4 Å². The molecule has 1 amide bonds. The lowest BCUT2D eigenvalue weighted by molar-refractivity contribution is -0.266. The molecule has 0 aromatic rings. The summed E-state index contributed by atoms with van der Waals surface area (Å²) in [4.78, 5) is 11.9. The molecule has 2 unspecified atom stereocenters. The maximum absolute atomic E-state index is 10.6. The van der Waals surface area contributed by atoms with Crippen LogP contribution in [0.4, 0.5) is 4.79 Å². The van der Waals surface area contributed by atoms with Gasteiger partial charge < -0.3 is 14.8 Å². The zero-order valence-corrected chi connectivity index (χ0v) is 9.28. The Hall–Kier alpha value is 0. The first-order valence-corrected chi connectivity index (χ1v) is 5.45. The van der Waals surface area contributed by atoms with Gasteiger partial charge >= 0.3 is 0 Å². The third-order valence-electron chi connectivity index (χ3n) is 2.43. The predicted molar refractivity (Wildman–Crippen MR) is 53.2 cm³/mol. The molecule has 0 bridgehead atoms. The van der Waals surface area contributed by atoms with Crippen LogP contribution in [0.2, 0.25) is 0 Å². The number of halogens is 1. The quantitative estimate of drug-likeness (QED) is 0.532. The molecule has 1 aliphatic carbocycles. The molecule has 12 heavy (non-hydrogen) atoms. The second-order valence-corrected chi connectivity index (χ2v) is 4.84. The Morgan fingerprint density at radius 2 is 2.08 bits per heavy atom. The van der Waals surface area contributed by atoms with Crippen molar-refractivity contribution < 1.29 is 9.90 Å². The van der Waals surface area contributed by atoms with Crippen LogP contribution in [-0.2, 0) is 0 Å². The van der Waals surface area contributed by atoms with Gasteiger partial charge in [0, 0.05) is 17.0 Å². The topological polar surface area (TPSA) is 43.4 Å². The highest BCUT2D eigenvalue weighted by molar-refractivity contribution is 14.1. The summed E-state index contributed by atoms with van der Waals surface area (Å²) < 4.78 is 0.458. The van der Waals surface area contributed by atoms with Gasteiger partial charge in [0.25, 0.3) is 0 Å². The van der Waals surface area contributed by atoms with E-state index in [4.69, 9.17) is 0 Å². The van der Waals surface area contributed by atoms with Gasteiger partial charge in [-0.15, -0.1) is 0 Å². The first-order valence-electron chi connectivity index (χ1n) is 4.21. The molecule has 3 nitrogen and oxygen atoms in total. The van der Waals surface area contributed by atoms with Gasteiger partial charge in [-0.3, -0.25) is 0 Å². The molecule has 0 aromatic carbocycles. The average Bonchev–Trinajstić information content (AvgIpc) is 2.04. The fourth-order valence-corrected chi connectivity index (χ4v) is 2.92. The van der Waals surface area contributed by atoms with Crippen LogP contribution in [0.15, 0.2) is 0 Å². The summed E-state index contributed by atoms with van der Waals surface area (Å²) in [6.07, 6.45) is 3.43. The Labute approximate surface area is 86.3 Å². The second kappa shape index (κ2) is 4.30. The molecule has 0 saturated heterocycles. The van der Waals surface area contributed by atoms with Gasteiger partial charge in [-0.2, -0.15) is 0 Å². The molecule has 0 aliphatic heterocycles. The maximum Gasteiger partial charge on any atom is 0.136 e. The number of hydrogen-bond acceptors (Lipinski definition) is 2. The first-order chi connectivity index (χ1) is 5.63. The van der Waals surface area contributed by atoms with Gasteiger partial charge in [-0.25, -0.2) is 0 Å². The summed E-state index contributed by atoms with van der Waals surface area (Å²) in [5.41, 5.74) is 0. The fourth-order valence-electron chi connectivity index (χ4n) is 1.64. The van der Waals surface area contributed by atoms with E-state index in [1.165, 1.54) is 11.3 Å². The normalized spacial score (nSPS) is 29.8. The van der Waals surface area contributed by atoms with E-state index >= 15 is 0 Å². The number of hydrogen-bond donors (Lipinski definition) is 0. The SMILES string of the molecule is CN(C(=O)[O-])C1CCCCC1I. The molecular weight excluding hydrogens is 269 g/mol. The molecule has 0 N–H and O–H groups in total. The van der Waals surface area contributed by atoms with Crippen molar-refractivity contribution >= 4 is 28.7 Å². The molecule has 0 aromatic heterocycles. The molecule has 1 rings (SSSR count). The molecule has 4 heteroatoms. The van der Waals surface area contributed by atoms with Crippen LogP contribution in [0.3, 0.4) is 0 Å². The van der Waals surface area contributed by atoms with E-state index in [9.17, 15) is 9.90 Å². The van der Waals surface area contributed by atoms with Crippen LogP contribution in [0.1, 0.15) is 25.7 Å². The van der Waals surface area contributed by atoms with Gasteiger partial charge in [0.1, 0.15) is 6.09 Å². The van der Waals surface area contributed by atoms with E-state index in [-0.39, 0.29) is 6.04 Å². The minimum absolute atomic E-state index is 0.171. The minimum Gasteiger partial charge on any atom is -0.530 e. The summed E-state index contributed by atoms with van der Waals surface area (Å²) >= 11 is 2.33. The van der Waals surface area contributed by atoms with E-state index in [2.05, 4.69) is 22.6 Å². The molecular formula is C8H13INO2-. The van der Waals surface area contributed by atoms with Crippen LogP contribution in [0, 0.1) is 0 Å². The zero-order valence-electron chi connectivity index (χ0n) is 7.12. The average molecular weight is 282 g/mol. The molecule has 1 fully saturated rings. The fraction of sp³-hybridized carbons (Fsp3) is 0.875. The van der Waals surface area contributed by atoms with E-state index in [0.29, 0.717) is 3.92 Å². The maximum atomic E-state index is 10.6. The minimum atomic E-state index is -1.05. The Kier molecular flexibility index (Phi) is 3.61. The van der Waals surface area contributed by atoms with Gasteiger partial charge in [0.15, 0.2) is 0 Å². The smallest absolute Gasteiger partial charge is 0.136 e. The molecule has 0 spiro atoms. The predicted octanol–water partition coefficient (Wildman–Crippen LogP) is 1.01. The van der Waals surface area contributed by atoms with Crippen LogP contribution in [-0.4, -0.2) is 28.0 Å². The molecule has 70 valence electrons. The first kappa shape index (κ1) is 10.1. The van der Waals surface area contributed by atoms with Crippen LogP contribution < -0.4 is 5.11 Å². The van der Waals surface area contributed by atoms with Crippen molar-refractivity contribution in [2.24, 2.45) is 0 Å². The molecule has 1 aliphatic rings.